The van der Waals surface area contributed by atoms with Gasteiger partial charge >= 0.3 is 0 Å². The largest absolute Gasteiger partial charge is 0.357 e. The summed E-state index contributed by atoms with van der Waals surface area (Å²) < 4.78 is 0. The Balaban J connectivity index is 0.00000220. The van der Waals surface area contributed by atoms with Crippen LogP contribution in [-0.4, -0.2) is 43.6 Å². The Kier molecular flexibility index (Phi) is 8.73. The molecule has 6 heteroatoms. The molecule has 116 valence electrons. The van der Waals surface area contributed by atoms with Crippen LogP contribution in [0.25, 0.3) is 0 Å². The SMILES string of the molecule is C#CCNC(=NCCN1CCc2sccc2C1)NCC.I. The van der Waals surface area contributed by atoms with Crippen LogP contribution in [0, 0.1) is 12.3 Å². The maximum absolute atomic E-state index is 5.25. The first kappa shape index (κ1) is 18.3. The third-order valence-corrected chi connectivity index (χ3v) is 4.30. The van der Waals surface area contributed by atoms with Crippen LogP contribution in [0.15, 0.2) is 16.4 Å². The van der Waals surface area contributed by atoms with Crippen LogP contribution in [-0.2, 0) is 13.0 Å². The fourth-order valence-corrected chi connectivity index (χ4v) is 3.17. The number of hydrogen-bond acceptors (Lipinski definition) is 3. The van der Waals surface area contributed by atoms with Crippen LogP contribution < -0.4 is 10.6 Å². The summed E-state index contributed by atoms with van der Waals surface area (Å²) in [6.45, 7) is 7.38. The van der Waals surface area contributed by atoms with Gasteiger partial charge in [-0.25, -0.2) is 0 Å². The Hall–Kier alpha value is -0.780. The molecule has 1 aromatic rings. The van der Waals surface area contributed by atoms with E-state index in [0.29, 0.717) is 6.54 Å². The Bertz CT molecular complexity index is 492. The van der Waals surface area contributed by atoms with Crippen LogP contribution in [0.4, 0.5) is 0 Å². The highest BCUT2D eigenvalue weighted by atomic mass is 127. The average molecular weight is 418 g/mol. The standard InChI is InChI=1S/C15H22N4S.HI/c1-3-7-17-15(16-4-2)18-8-10-19-9-5-14-13(12-19)6-11-20-14;/h1,6,11H,4-5,7-10,12H2,2H3,(H2,16,17,18);1H. The monoisotopic (exact) mass is 418 g/mol. The van der Waals surface area contributed by atoms with Gasteiger partial charge in [0.05, 0.1) is 13.1 Å². The second-order valence-electron chi connectivity index (χ2n) is 4.71. The maximum atomic E-state index is 5.25. The quantitative estimate of drug-likeness (QED) is 0.332. The van der Waals surface area contributed by atoms with Crippen molar-refractivity contribution >= 4 is 41.3 Å². The van der Waals surface area contributed by atoms with Gasteiger partial charge in [0.2, 0.25) is 0 Å². The van der Waals surface area contributed by atoms with E-state index in [0.717, 1.165) is 38.7 Å². The molecule has 4 nitrogen and oxygen atoms in total. The van der Waals surface area contributed by atoms with Gasteiger partial charge in [-0.1, -0.05) is 5.92 Å². The molecule has 0 aromatic carbocycles. The fourth-order valence-electron chi connectivity index (χ4n) is 2.28. The minimum Gasteiger partial charge on any atom is -0.357 e. The molecule has 1 aliphatic rings. The zero-order chi connectivity index (χ0) is 14.2. The first-order valence-electron chi connectivity index (χ1n) is 7.06. The van der Waals surface area contributed by atoms with Crippen molar-refractivity contribution < 1.29 is 0 Å². The van der Waals surface area contributed by atoms with Gasteiger partial charge in [-0.2, -0.15) is 0 Å². The number of guanidine groups is 1. The molecule has 0 amide bonds. The highest BCUT2D eigenvalue weighted by Crippen LogP contribution is 2.23. The Morgan fingerprint density at radius 2 is 2.38 bits per heavy atom. The number of aliphatic imine (C=N–C) groups is 1. The summed E-state index contributed by atoms with van der Waals surface area (Å²) in [5.74, 6) is 3.37. The number of fused-ring (bicyclic) bond motifs is 1. The van der Waals surface area contributed by atoms with Crippen molar-refractivity contribution in [3.8, 4) is 12.3 Å². The Morgan fingerprint density at radius 3 is 3.14 bits per heavy atom. The van der Waals surface area contributed by atoms with E-state index in [-0.39, 0.29) is 24.0 Å². The van der Waals surface area contributed by atoms with E-state index in [1.807, 2.05) is 11.3 Å². The highest BCUT2D eigenvalue weighted by molar-refractivity contribution is 14.0. The van der Waals surface area contributed by atoms with E-state index in [1.54, 1.807) is 4.88 Å². The molecule has 2 rings (SSSR count). The summed E-state index contributed by atoms with van der Waals surface area (Å²) in [4.78, 5) is 8.56. The molecule has 2 N–H and O–H groups in total. The number of nitrogens with one attached hydrogen (secondary N) is 2. The summed E-state index contributed by atoms with van der Waals surface area (Å²) in [7, 11) is 0. The molecule has 21 heavy (non-hydrogen) atoms. The summed E-state index contributed by atoms with van der Waals surface area (Å²) in [5.41, 5.74) is 1.49. The van der Waals surface area contributed by atoms with E-state index in [1.165, 1.54) is 12.0 Å². The normalized spacial score (nSPS) is 14.8. The van der Waals surface area contributed by atoms with Crippen molar-refractivity contribution in [3.63, 3.8) is 0 Å². The van der Waals surface area contributed by atoms with Gasteiger partial charge in [-0.05, 0) is 30.4 Å². The number of terminal acetylenes is 1. The molecule has 2 heterocycles. The Morgan fingerprint density at radius 1 is 1.52 bits per heavy atom. The number of hydrogen-bond donors (Lipinski definition) is 2. The lowest BCUT2D eigenvalue weighted by Crippen LogP contribution is -2.38. The first-order valence-corrected chi connectivity index (χ1v) is 7.94. The summed E-state index contributed by atoms with van der Waals surface area (Å²) >= 11 is 1.88. The molecule has 0 aliphatic carbocycles. The van der Waals surface area contributed by atoms with E-state index in [9.17, 15) is 0 Å². The van der Waals surface area contributed by atoms with E-state index in [2.05, 4.69) is 44.8 Å². The third-order valence-electron chi connectivity index (χ3n) is 3.27. The van der Waals surface area contributed by atoms with Gasteiger partial charge in [-0.15, -0.1) is 41.7 Å². The van der Waals surface area contributed by atoms with E-state index >= 15 is 0 Å². The number of rotatable bonds is 5. The van der Waals surface area contributed by atoms with E-state index in [4.69, 9.17) is 6.42 Å². The summed E-state index contributed by atoms with van der Waals surface area (Å²) in [6.07, 6.45) is 6.42. The average Bonchev–Trinajstić information content (AvgIpc) is 2.92. The van der Waals surface area contributed by atoms with Crippen molar-refractivity contribution in [2.24, 2.45) is 4.99 Å². The second-order valence-corrected chi connectivity index (χ2v) is 5.71. The van der Waals surface area contributed by atoms with Crippen LogP contribution >= 0.6 is 35.3 Å². The molecule has 0 fully saturated rings. The van der Waals surface area contributed by atoms with Gasteiger partial charge in [0.25, 0.3) is 0 Å². The van der Waals surface area contributed by atoms with Gasteiger partial charge in [0.1, 0.15) is 0 Å². The summed E-state index contributed by atoms with van der Waals surface area (Å²) in [6, 6.07) is 2.24. The predicted octanol–water partition coefficient (Wildman–Crippen LogP) is 1.91. The zero-order valence-electron chi connectivity index (χ0n) is 12.4. The van der Waals surface area contributed by atoms with Gasteiger partial charge in [0, 0.05) is 31.1 Å². The number of nitrogens with zero attached hydrogens (tertiary/aromatic N) is 2. The van der Waals surface area contributed by atoms with E-state index < -0.39 is 0 Å². The van der Waals surface area contributed by atoms with Gasteiger partial charge in [0.15, 0.2) is 5.96 Å². The van der Waals surface area contributed by atoms with Gasteiger partial charge in [-0.3, -0.25) is 9.89 Å². The smallest absolute Gasteiger partial charge is 0.192 e. The molecular weight excluding hydrogens is 395 g/mol. The topological polar surface area (TPSA) is 39.7 Å². The lowest BCUT2D eigenvalue weighted by Gasteiger charge is -2.26. The highest BCUT2D eigenvalue weighted by Gasteiger charge is 2.16. The first-order chi connectivity index (χ1) is 9.83. The van der Waals surface area contributed by atoms with Crippen LogP contribution in [0.5, 0.6) is 0 Å². The zero-order valence-corrected chi connectivity index (χ0v) is 15.5. The van der Waals surface area contributed by atoms with Crippen LogP contribution in [0.2, 0.25) is 0 Å². The molecule has 0 saturated carbocycles. The number of thiophene rings is 1. The van der Waals surface area contributed by atoms with Crippen LogP contribution in [0.1, 0.15) is 17.4 Å². The lowest BCUT2D eigenvalue weighted by molar-refractivity contribution is 0.263. The van der Waals surface area contributed by atoms with Crippen LogP contribution in [0.3, 0.4) is 0 Å². The predicted molar refractivity (Wildman–Crippen MR) is 102 cm³/mol. The third kappa shape index (κ3) is 5.85. The minimum absolute atomic E-state index is 0. The molecule has 1 aliphatic heterocycles. The minimum atomic E-state index is 0. The van der Waals surface area contributed by atoms with Gasteiger partial charge < -0.3 is 10.6 Å². The molecule has 1 aromatic heterocycles. The molecule has 0 unspecified atom stereocenters. The van der Waals surface area contributed by atoms with Crippen molar-refractivity contribution in [2.45, 2.75) is 19.9 Å². The molecular formula is C15H23IN4S. The molecule has 0 spiro atoms. The number of halogens is 1. The van der Waals surface area contributed by atoms with Crippen molar-refractivity contribution in [1.82, 2.24) is 15.5 Å². The fraction of sp³-hybridized carbons (Fsp3) is 0.533. The molecule has 0 bridgehead atoms. The lowest BCUT2D eigenvalue weighted by atomic mass is 10.1. The van der Waals surface area contributed by atoms with Crippen molar-refractivity contribution in [3.05, 3.63) is 21.9 Å². The molecule has 0 radical (unpaired) electrons. The molecule has 0 atom stereocenters. The van der Waals surface area contributed by atoms with Crippen molar-refractivity contribution in [2.75, 3.05) is 32.7 Å². The maximum Gasteiger partial charge on any atom is 0.192 e. The molecule has 0 saturated heterocycles. The second kappa shape index (κ2) is 10.0. The van der Waals surface area contributed by atoms with Crippen molar-refractivity contribution in [1.29, 1.82) is 0 Å². The Labute approximate surface area is 148 Å². The summed E-state index contributed by atoms with van der Waals surface area (Å²) in [5, 5.41) is 8.49.